The Kier molecular flexibility index (Phi) is 3.10. The van der Waals surface area contributed by atoms with E-state index in [9.17, 15) is 9.18 Å². The predicted molar refractivity (Wildman–Crippen MR) is 85.6 cm³/mol. The number of rotatable bonds is 3. The van der Waals surface area contributed by atoms with E-state index in [0.29, 0.717) is 25.9 Å². The van der Waals surface area contributed by atoms with Crippen LogP contribution >= 0.6 is 0 Å². The fourth-order valence-corrected chi connectivity index (χ4v) is 3.50. The third-order valence-electron chi connectivity index (χ3n) is 4.47. The predicted octanol–water partition coefficient (Wildman–Crippen LogP) is 3.33. The second-order valence-corrected chi connectivity index (χ2v) is 5.76. The maximum absolute atomic E-state index is 12.6. The van der Waals surface area contributed by atoms with E-state index >= 15 is 0 Å². The fourth-order valence-electron chi connectivity index (χ4n) is 3.50. The number of nitrogens with one attached hydrogen (secondary N) is 1. The lowest BCUT2D eigenvalue weighted by Crippen LogP contribution is -2.30. The van der Waals surface area contributed by atoms with Gasteiger partial charge in [-0.2, -0.15) is 0 Å². The van der Waals surface area contributed by atoms with Gasteiger partial charge in [-0.05, 0) is 29.7 Å². The van der Waals surface area contributed by atoms with E-state index in [1.165, 1.54) is 16.3 Å². The van der Waals surface area contributed by atoms with Gasteiger partial charge in [0, 0.05) is 34.9 Å². The molecule has 3 aromatic rings. The molecule has 0 bridgehead atoms. The molecule has 1 aliphatic heterocycles. The Morgan fingerprint density at radius 2 is 2.00 bits per heavy atom. The number of hydrogen-bond acceptors (Lipinski definition) is 1. The molecule has 2 heterocycles. The zero-order valence-corrected chi connectivity index (χ0v) is 12.2. The van der Waals surface area contributed by atoms with E-state index in [1.807, 2.05) is 18.2 Å². The number of aryl methyl sites for hydroxylation is 1. The summed E-state index contributed by atoms with van der Waals surface area (Å²) < 4.78 is 14.8. The van der Waals surface area contributed by atoms with Gasteiger partial charge in [-0.25, -0.2) is 0 Å². The monoisotopic (exact) mass is 296 g/mol. The highest BCUT2D eigenvalue weighted by Gasteiger charge is 2.21. The highest BCUT2D eigenvalue weighted by molar-refractivity contribution is 6.10. The van der Waals surface area contributed by atoms with Crippen LogP contribution in [-0.2, 0) is 24.3 Å². The Balaban J connectivity index is 2.04. The van der Waals surface area contributed by atoms with Gasteiger partial charge in [0.2, 0.25) is 5.91 Å². The Labute approximate surface area is 127 Å². The van der Waals surface area contributed by atoms with Crippen LogP contribution in [0.5, 0.6) is 0 Å². The number of aromatic nitrogens is 1. The molecule has 4 rings (SSSR count). The van der Waals surface area contributed by atoms with Gasteiger partial charge in [0.05, 0.1) is 13.1 Å². The van der Waals surface area contributed by atoms with Gasteiger partial charge < -0.3 is 9.88 Å². The highest BCUT2D eigenvalue weighted by atomic mass is 19.1. The summed E-state index contributed by atoms with van der Waals surface area (Å²) >= 11 is 0. The molecular weight excluding hydrogens is 279 g/mol. The molecule has 4 heteroatoms. The maximum Gasteiger partial charge on any atom is 0.224 e. The number of carbonyl (C=O) groups excluding carboxylic acids is 1. The fraction of sp³-hybridized carbons (Fsp3) is 0.278. The van der Waals surface area contributed by atoms with Crippen molar-refractivity contribution in [2.45, 2.75) is 25.9 Å². The minimum absolute atomic E-state index is 0.0769. The minimum Gasteiger partial charge on any atom is -0.352 e. The van der Waals surface area contributed by atoms with Crippen LogP contribution < -0.4 is 5.32 Å². The molecule has 0 aliphatic carbocycles. The van der Waals surface area contributed by atoms with Crippen LogP contribution in [0.25, 0.3) is 21.8 Å². The van der Waals surface area contributed by atoms with Gasteiger partial charge >= 0.3 is 0 Å². The van der Waals surface area contributed by atoms with Gasteiger partial charge in [-0.1, -0.05) is 24.3 Å². The van der Waals surface area contributed by atoms with Gasteiger partial charge in [-0.15, -0.1) is 0 Å². The second-order valence-electron chi connectivity index (χ2n) is 5.76. The molecular formula is C18H17FN2O. The molecule has 22 heavy (non-hydrogen) atoms. The number of halogens is 1. The van der Waals surface area contributed by atoms with Crippen LogP contribution in [0.2, 0.25) is 0 Å². The van der Waals surface area contributed by atoms with Gasteiger partial charge in [0.25, 0.3) is 0 Å². The molecule has 1 N–H and O–H groups in total. The van der Waals surface area contributed by atoms with Crippen LogP contribution in [-0.4, -0.2) is 17.1 Å². The van der Waals surface area contributed by atoms with Crippen molar-refractivity contribution in [1.29, 1.82) is 0 Å². The molecule has 1 aliphatic rings. The Hall–Kier alpha value is -2.36. The number of alkyl halides is 1. The van der Waals surface area contributed by atoms with Crippen molar-refractivity contribution in [3.63, 3.8) is 0 Å². The summed E-state index contributed by atoms with van der Waals surface area (Å²) in [5, 5.41) is 5.32. The van der Waals surface area contributed by atoms with Crippen molar-refractivity contribution in [3.8, 4) is 0 Å². The van der Waals surface area contributed by atoms with Crippen LogP contribution in [0.3, 0.4) is 0 Å². The average Bonchev–Trinajstić information content (AvgIpc) is 2.86. The van der Waals surface area contributed by atoms with Crippen molar-refractivity contribution in [2.24, 2.45) is 0 Å². The number of amides is 1. The summed E-state index contributed by atoms with van der Waals surface area (Å²) in [4.78, 5) is 11.6. The maximum atomic E-state index is 12.6. The first-order valence-corrected chi connectivity index (χ1v) is 7.64. The molecule has 0 spiro atoms. The molecule has 0 atom stereocenters. The summed E-state index contributed by atoms with van der Waals surface area (Å²) in [5.74, 6) is 0.0769. The third kappa shape index (κ3) is 1.90. The third-order valence-corrected chi connectivity index (χ3v) is 4.47. The summed E-state index contributed by atoms with van der Waals surface area (Å²) in [7, 11) is 0. The first kappa shape index (κ1) is 13.3. The summed E-state index contributed by atoms with van der Waals surface area (Å²) in [6.45, 7) is 0.934. The van der Waals surface area contributed by atoms with E-state index in [2.05, 4.69) is 28.1 Å². The Morgan fingerprint density at radius 3 is 2.86 bits per heavy atom. The second kappa shape index (κ2) is 5.13. The Bertz CT molecular complexity index is 882. The molecule has 0 radical (unpaired) electrons. The molecule has 1 aromatic heterocycles. The van der Waals surface area contributed by atoms with Crippen LogP contribution in [0.15, 0.2) is 36.4 Å². The van der Waals surface area contributed by atoms with Crippen molar-refractivity contribution >= 4 is 27.7 Å². The molecule has 1 amide bonds. The van der Waals surface area contributed by atoms with Crippen molar-refractivity contribution in [3.05, 3.63) is 47.5 Å². The standard InChI is InChI=1S/C18H17FN2O/c19-8-3-9-21-15-5-2-1-4-13(15)18-14-11-20-17(22)10-12(14)6-7-16(18)21/h1-2,4-7H,3,8-11H2,(H,20,22). The average molecular weight is 296 g/mol. The SMILES string of the molecule is O=C1Cc2ccc3c(c2CN1)c1ccccc1n3CCCF. The smallest absolute Gasteiger partial charge is 0.224 e. The molecule has 0 unspecified atom stereocenters. The van der Waals surface area contributed by atoms with Crippen molar-refractivity contribution in [2.75, 3.05) is 6.67 Å². The zero-order valence-electron chi connectivity index (χ0n) is 12.2. The van der Waals surface area contributed by atoms with Crippen LogP contribution in [0, 0.1) is 0 Å². The summed E-state index contributed by atoms with van der Waals surface area (Å²) in [6.07, 6.45) is 0.955. The van der Waals surface area contributed by atoms with E-state index < -0.39 is 0 Å². The largest absolute Gasteiger partial charge is 0.352 e. The van der Waals surface area contributed by atoms with Gasteiger partial charge in [0.1, 0.15) is 0 Å². The van der Waals surface area contributed by atoms with E-state index in [4.69, 9.17) is 0 Å². The van der Waals surface area contributed by atoms with Crippen LogP contribution in [0.1, 0.15) is 17.5 Å². The molecule has 0 saturated heterocycles. The summed E-state index contributed by atoms with van der Waals surface area (Å²) in [6, 6.07) is 12.4. The topological polar surface area (TPSA) is 34.0 Å². The lowest BCUT2D eigenvalue weighted by atomic mass is 9.95. The van der Waals surface area contributed by atoms with Gasteiger partial charge in [-0.3, -0.25) is 9.18 Å². The van der Waals surface area contributed by atoms with Gasteiger partial charge in [0.15, 0.2) is 0 Å². The Morgan fingerprint density at radius 1 is 1.14 bits per heavy atom. The molecule has 2 aromatic carbocycles. The minimum atomic E-state index is -0.311. The number of fused-ring (bicyclic) bond motifs is 5. The molecule has 0 saturated carbocycles. The number of benzene rings is 2. The number of carbonyl (C=O) groups is 1. The van der Waals surface area contributed by atoms with Crippen molar-refractivity contribution in [1.82, 2.24) is 9.88 Å². The summed E-state index contributed by atoms with van der Waals surface area (Å²) in [5.41, 5.74) is 4.57. The van der Waals surface area contributed by atoms with E-state index in [1.54, 1.807) is 0 Å². The highest BCUT2D eigenvalue weighted by Crippen LogP contribution is 2.34. The first-order chi connectivity index (χ1) is 10.8. The number of hydrogen-bond donors (Lipinski definition) is 1. The lowest BCUT2D eigenvalue weighted by Gasteiger charge is -2.18. The van der Waals surface area contributed by atoms with Crippen LogP contribution in [0.4, 0.5) is 4.39 Å². The van der Waals surface area contributed by atoms with Crippen molar-refractivity contribution < 1.29 is 9.18 Å². The van der Waals surface area contributed by atoms with E-state index in [0.717, 1.165) is 16.6 Å². The molecule has 112 valence electrons. The number of para-hydroxylation sites is 1. The van der Waals surface area contributed by atoms with E-state index in [-0.39, 0.29) is 12.6 Å². The zero-order chi connectivity index (χ0) is 15.1. The lowest BCUT2D eigenvalue weighted by molar-refractivity contribution is -0.121. The normalized spacial score (nSPS) is 14.3. The quantitative estimate of drug-likeness (QED) is 0.790. The molecule has 0 fully saturated rings. The first-order valence-electron chi connectivity index (χ1n) is 7.64. The molecule has 3 nitrogen and oxygen atoms in total. The number of nitrogens with zero attached hydrogens (tertiary/aromatic N) is 1.